The van der Waals surface area contributed by atoms with E-state index in [9.17, 15) is 4.79 Å². The van der Waals surface area contributed by atoms with Crippen LogP contribution in [-0.2, 0) is 4.74 Å². The van der Waals surface area contributed by atoms with E-state index >= 15 is 0 Å². The predicted octanol–water partition coefficient (Wildman–Crippen LogP) is 2.03. The lowest BCUT2D eigenvalue weighted by atomic mass is 10.4. The normalized spacial score (nSPS) is 9.43. The van der Waals surface area contributed by atoms with E-state index in [2.05, 4.69) is 11.9 Å². The van der Waals surface area contributed by atoms with Crippen molar-refractivity contribution in [1.82, 2.24) is 5.32 Å². The molecule has 0 saturated heterocycles. The van der Waals surface area contributed by atoms with Gasteiger partial charge in [0.25, 0.3) is 5.91 Å². The molecule has 0 aromatic carbocycles. The van der Waals surface area contributed by atoms with Crippen LogP contribution in [0.5, 0.6) is 0 Å². The van der Waals surface area contributed by atoms with E-state index in [1.807, 2.05) is 11.4 Å². The van der Waals surface area contributed by atoms with Crippen molar-refractivity contribution in [2.24, 2.45) is 0 Å². The summed E-state index contributed by atoms with van der Waals surface area (Å²) >= 11 is 1.44. The van der Waals surface area contributed by atoms with E-state index in [1.165, 1.54) is 17.6 Å². The lowest BCUT2D eigenvalue weighted by Gasteiger charge is -2.02. The molecule has 0 bridgehead atoms. The molecule has 0 atom stereocenters. The van der Waals surface area contributed by atoms with Crippen molar-refractivity contribution >= 4 is 17.2 Å². The maximum atomic E-state index is 11.4. The van der Waals surface area contributed by atoms with Crippen molar-refractivity contribution in [2.75, 3.05) is 13.2 Å². The first-order valence-electron chi connectivity index (χ1n) is 4.39. The highest BCUT2D eigenvalue weighted by molar-refractivity contribution is 7.12. The Balaban J connectivity index is 2.13. The van der Waals surface area contributed by atoms with Gasteiger partial charge < -0.3 is 10.1 Å². The van der Waals surface area contributed by atoms with Gasteiger partial charge in [0.05, 0.1) is 17.7 Å². The molecule has 0 fully saturated rings. The molecule has 0 spiro atoms. The van der Waals surface area contributed by atoms with E-state index in [0.29, 0.717) is 13.2 Å². The number of ether oxygens (including phenoxy) is 1. The first-order chi connectivity index (χ1) is 6.84. The van der Waals surface area contributed by atoms with Crippen molar-refractivity contribution in [3.63, 3.8) is 0 Å². The van der Waals surface area contributed by atoms with E-state index < -0.39 is 0 Å². The van der Waals surface area contributed by atoms with Crippen molar-refractivity contribution in [2.45, 2.75) is 6.42 Å². The Morgan fingerprint density at radius 1 is 1.71 bits per heavy atom. The van der Waals surface area contributed by atoms with Crippen molar-refractivity contribution in [3.05, 3.63) is 35.2 Å². The number of nitrogens with one attached hydrogen (secondary N) is 1. The Morgan fingerprint density at radius 3 is 3.21 bits per heavy atom. The van der Waals surface area contributed by atoms with Gasteiger partial charge in [0, 0.05) is 6.54 Å². The fourth-order valence-corrected chi connectivity index (χ4v) is 1.58. The number of hydrogen-bond acceptors (Lipinski definition) is 3. The summed E-state index contributed by atoms with van der Waals surface area (Å²) in [6.45, 7) is 4.65. The lowest BCUT2D eigenvalue weighted by molar-refractivity contribution is 0.0954. The van der Waals surface area contributed by atoms with Crippen LogP contribution in [0.15, 0.2) is 30.4 Å². The van der Waals surface area contributed by atoms with Crippen LogP contribution >= 0.6 is 11.3 Å². The first kappa shape index (κ1) is 10.8. The smallest absolute Gasteiger partial charge is 0.261 e. The minimum Gasteiger partial charge on any atom is -0.502 e. The SMILES string of the molecule is C=COCCCNC(=O)c1cccs1. The summed E-state index contributed by atoms with van der Waals surface area (Å²) in [6.07, 6.45) is 2.20. The van der Waals surface area contributed by atoms with E-state index in [0.717, 1.165) is 11.3 Å². The summed E-state index contributed by atoms with van der Waals surface area (Å²) in [7, 11) is 0. The monoisotopic (exact) mass is 211 g/mol. The molecule has 1 heterocycles. The molecule has 76 valence electrons. The number of amides is 1. The van der Waals surface area contributed by atoms with Gasteiger partial charge in [-0.3, -0.25) is 4.79 Å². The van der Waals surface area contributed by atoms with Gasteiger partial charge in [0.2, 0.25) is 0 Å². The van der Waals surface area contributed by atoms with E-state index in [-0.39, 0.29) is 5.91 Å². The van der Waals surface area contributed by atoms with E-state index in [1.54, 1.807) is 6.07 Å². The summed E-state index contributed by atoms with van der Waals surface area (Å²) in [4.78, 5) is 12.1. The number of rotatable bonds is 6. The summed E-state index contributed by atoms with van der Waals surface area (Å²) in [6, 6.07) is 3.67. The van der Waals surface area contributed by atoms with Crippen LogP contribution in [0.2, 0.25) is 0 Å². The molecule has 0 aliphatic heterocycles. The number of carbonyl (C=O) groups excluding carboxylic acids is 1. The number of thiophene rings is 1. The Kier molecular flexibility index (Phi) is 4.78. The van der Waals surface area contributed by atoms with Crippen molar-refractivity contribution in [1.29, 1.82) is 0 Å². The second-order valence-corrected chi connectivity index (χ2v) is 3.57. The maximum Gasteiger partial charge on any atom is 0.261 e. The van der Waals surface area contributed by atoms with Crippen LogP contribution in [0, 0.1) is 0 Å². The fraction of sp³-hybridized carbons (Fsp3) is 0.300. The van der Waals surface area contributed by atoms with Gasteiger partial charge in [-0.1, -0.05) is 12.6 Å². The first-order valence-corrected chi connectivity index (χ1v) is 5.27. The zero-order valence-corrected chi connectivity index (χ0v) is 8.68. The third-order valence-electron chi connectivity index (χ3n) is 1.59. The second kappa shape index (κ2) is 6.21. The van der Waals surface area contributed by atoms with Gasteiger partial charge in [-0.25, -0.2) is 0 Å². The molecule has 1 amide bonds. The second-order valence-electron chi connectivity index (χ2n) is 2.62. The van der Waals surface area contributed by atoms with Gasteiger partial charge in [-0.05, 0) is 17.9 Å². The molecule has 0 aliphatic carbocycles. The highest BCUT2D eigenvalue weighted by atomic mass is 32.1. The molecule has 4 heteroatoms. The van der Waals surface area contributed by atoms with Crippen molar-refractivity contribution < 1.29 is 9.53 Å². The summed E-state index contributed by atoms with van der Waals surface area (Å²) in [5, 5.41) is 4.69. The number of carbonyl (C=O) groups is 1. The topological polar surface area (TPSA) is 38.3 Å². The highest BCUT2D eigenvalue weighted by Crippen LogP contribution is 2.07. The van der Waals surface area contributed by atoms with Crippen LogP contribution in [-0.4, -0.2) is 19.1 Å². The largest absolute Gasteiger partial charge is 0.502 e. The predicted molar refractivity (Wildman–Crippen MR) is 57.4 cm³/mol. The van der Waals surface area contributed by atoms with Gasteiger partial charge in [-0.15, -0.1) is 11.3 Å². The third kappa shape index (κ3) is 3.62. The highest BCUT2D eigenvalue weighted by Gasteiger charge is 2.03. The van der Waals surface area contributed by atoms with Gasteiger partial charge in [0.1, 0.15) is 0 Å². The number of hydrogen-bond donors (Lipinski definition) is 1. The Labute approximate surface area is 87.4 Å². The fourth-order valence-electron chi connectivity index (χ4n) is 0.936. The van der Waals surface area contributed by atoms with Gasteiger partial charge >= 0.3 is 0 Å². The Hall–Kier alpha value is -1.29. The average Bonchev–Trinajstić information content (AvgIpc) is 2.70. The molecule has 0 radical (unpaired) electrons. The molecule has 14 heavy (non-hydrogen) atoms. The van der Waals surface area contributed by atoms with Gasteiger partial charge in [-0.2, -0.15) is 0 Å². The molecule has 0 saturated carbocycles. The Morgan fingerprint density at radius 2 is 2.57 bits per heavy atom. The van der Waals surface area contributed by atoms with Crippen LogP contribution in [0.3, 0.4) is 0 Å². The van der Waals surface area contributed by atoms with Crippen LogP contribution in [0.4, 0.5) is 0 Å². The average molecular weight is 211 g/mol. The molecule has 0 unspecified atom stereocenters. The summed E-state index contributed by atoms with van der Waals surface area (Å²) < 4.78 is 4.92. The Bertz CT molecular complexity index is 282. The minimum absolute atomic E-state index is 0.0152. The summed E-state index contributed by atoms with van der Waals surface area (Å²) in [5.41, 5.74) is 0. The minimum atomic E-state index is -0.0152. The molecular weight excluding hydrogens is 198 g/mol. The quantitative estimate of drug-likeness (QED) is 0.577. The van der Waals surface area contributed by atoms with E-state index in [4.69, 9.17) is 4.74 Å². The lowest BCUT2D eigenvalue weighted by Crippen LogP contribution is -2.24. The molecule has 0 aliphatic rings. The zero-order valence-electron chi connectivity index (χ0n) is 7.86. The van der Waals surface area contributed by atoms with Crippen LogP contribution in [0.25, 0.3) is 0 Å². The maximum absolute atomic E-state index is 11.4. The zero-order chi connectivity index (χ0) is 10.2. The van der Waals surface area contributed by atoms with Crippen LogP contribution in [0.1, 0.15) is 16.1 Å². The van der Waals surface area contributed by atoms with Crippen molar-refractivity contribution in [3.8, 4) is 0 Å². The molecule has 1 aromatic heterocycles. The third-order valence-corrected chi connectivity index (χ3v) is 2.46. The molecule has 1 aromatic rings. The molecular formula is C10H13NO2S. The van der Waals surface area contributed by atoms with Gasteiger partial charge in [0.15, 0.2) is 0 Å². The van der Waals surface area contributed by atoms with Crippen LogP contribution < -0.4 is 5.32 Å². The standard InChI is InChI=1S/C10H13NO2S/c1-2-13-7-4-6-11-10(12)9-5-3-8-14-9/h2-3,5,8H,1,4,6-7H2,(H,11,12). The molecule has 1 N–H and O–H groups in total. The molecule has 3 nitrogen and oxygen atoms in total. The molecule has 1 rings (SSSR count). The summed E-state index contributed by atoms with van der Waals surface area (Å²) in [5.74, 6) is -0.0152.